The molecular weight excluding hydrogens is 416 g/mol. The maximum atomic E-state index is 13.2. The minimum Gasteiger partial charge on any atom is -0.353 e. The second kappa shape index (κ2) is 9.07. The van der Waals surface area contributed by atoms with Crippen LogP contribution in [0.3, 0.4) is 0 Å². The van der Waals surface area contributed by atoms with Crippen LogP contribution in [0.1, 0.15) is 19.3 Å². The van der Waals surface area contributed by atoms with Crippen molar-refractivity contribution < 1.29 is 13.2 Å². The molecule has 2 heterocycles. The van der Waals surface area contributed by atoms with Crippen LogP contribution in [0.25, 0.3) is 11.0 Å². The Bertz CT molecular complexity index is 1230. The lowest BCUT2D eigenvalue weighted by Gasteiger charge is -2.26. The van der Waals surface area contributed by atoms with E-state index in [4.69, 9.17) is 0 Å². The lowest BCUT2D eigenvalue weighted by atomic mass is 10.1. The Morgan fingerprint density at radius 2 is 1.55 bits per heavy atom. The molecule has 0 unspecified atom stereocenters. The fourth-order valence-electron chi connectivity index (χ4n) is 4.00. The van der Waals surface area contributed by atoms with Gasteiger partial charge in [-0.2, -0.15) is 3.97 Å². The van der Waals surface area contributed by atoms with E-state index in [-0.39, 0.29) is 22.9 Å². The van der Waals surface area contributed by atoms with Crippen molar-refractivity contribution in [2.45, 2.75) is 30.7 Å². The minimum absolute atomic E-state index is 0.0194. The van der Waals surface area contributed by atoms with E-state index in [2.05, 4.69) is 10.2 Å². The number of carbonyl (C=O) groups is 1. The molecule has 3 aromatic rings. The van der Waals surface area contributed by atoms with Gasteiger partial charge in [0.1, 0.15) is 6.54 Å². The molecule has 1 aliphatic heterocycles. The molecule has 0 aliphatic carbocycles. The molecule has 9 heteroatoms. The first kappa shape index (κ1) is 21.3. The first-order valence-electron chi connectivity index (χ1n) is 10.5. The molecule has 164 valence electrons. The van der Waals surface area contributed by atoms with Gasteiger partial charge in [-0.15, -0.1) is 0 Å². The highest BCUT2D eigenvalue weighted by molar-refractivity contribution is 7.90. The zero-order valence-corrected chi connectivity index (χ0v) is 18.1. The molecule has 0 spiro atoms. The third-order valence-electron chi connectivity index (χ3n) is 5.58. The number of imidazole rings is 1. The summed E-state index contributed by atoms with van der Waals surface area (Å²) in [7, 11) is -4.10. The highest BCUT2D eigenvalue weighted by atomic mass is 32.2. The van der Waals surface area contributed by atoms with Gasteiger partial charge in [-0.05, 0) is 50.2 Å². The third-order valence-corrected chi connectivity index (χ3v) is 7.28. The summed E-state index contributed by atoms with van der Waals surface area (Å²) >= 11 is 0. The Morgan fingerprint density at radius 1 is 0.903 bits per heavy atom. The predicted octanol–water partition coefficient (Wildman–Crippen LogP) is 1.64. The highest BCUT2D eigenvalue weighted by Gasteiger charge is 2.25. The normalized spacial score (nSPS) is 15.2. The Kier molecular flexibility index (Phi) is 6.24. The Labute approximate surface area is 181 Å². The zero-order valence-electron chi connectivity index (χ0n) is 17.2. The largest absolute Gasteiger partial charge is 0.353 e. The van der Waals surface area contributed by atoms with E-state index >= 15 is 0 Å². The van der Waals surface area contributed by atoms with Gasteiger partial charge >= 0.3 is 5.69 Å². The molecule has 1 amide bonds. The number of aromatic nitrogens is 2. The standard InChI is InChI=1S/C22H26N4O4S/c27-21(23-13-16-24-14-7-2-8-15-24)17-25-19-11-5-6-12-20(19)26(22(25)28)31(29,30)18-9-3-1-4-10-18/h1,3-6,9-12H,2,7-8,13-17H2,(H,23,27). The first-order chi connectivity index (χ1) is 15.0. The van der Waals surface area contributed by atoms with Crippen LogP contribution in [-0.2, 0) is 21.4 Å². The SMILES string of the molecule is O=C(Cn1c(=O)n(S(=O)(=O)c2ccccc2)c2ccccc21)NCCN1CCCCC1. The Hall–Kier alpha value is -2.91. The van der Waals surface area contributed by atoms with Gasteiger partial charge in [0.2, 0.25) is 5.91 Å². The van der Waals surface area contributed by atoms with Crippen LogP contribution in [-0.4, -0.2) is 53.9 Å². The van der Waals surface area contributed by atoms with E-state index in [0.29, 0.717) is 12.1 Å². The summed E-state index contributed by atoms with van der Waals surface area (Å²) < 4.78 is 28.3. The molecule has 1 aliphatic rings. The number of rotatable bonds is 7. The van der Waals surface area contributed by atoms with E-state index in [1.165, 1.54) is 36.0 Å². The van der Waals surface area contributed by atoms with E-state index in [9.17, 15) is 18.0 Å². The summed E-state index contributed by atoms with van der Waals surface area (Å²) in [5.41, 5.74) is -0.105. The fraction of sp³-hybridized carbons (Fsp3) is 0.364. The van der Waals surface area contributed by atoms with Crippen molar-refractivity contribution in [3.8, 4) is 0 Å². The topological polar surface area (TPSA) is 93.4 Å². The van der Waals surface area contributed by atoms with Gasteiger partial charge < -0.3 is 10.2 Å². The molecule has 1 fully saturated rings. The van der Waals surface area contributed by atoms with E-state index < -0.39 is 15.7 Å². The monoisotopic (exact) mass is 442 g/mol. The molecular formula is C22H26N4O4S. The Balaban J connectivity index is 1.58. The molecule has 1 aromatic heterocycles. The number of nitrogens with one attached hydrogen (secondary N) is 1. The van der Waals surface area contributed by atoms with Gasteiger partial charge in [-0.25, -0.2) is 13.2 Å². The Morgan fingerprint density at radius 3 is 2.26 bits per heavy atom. The van der Waals surface area contributed by atoms with Gasteiger partial charge in [0.25, 0.3) is 10.0 Å². The van der Waals surface area contributed by atoms with E-state index in [1.54, 1.807) is 42.5 Å². The average molecular weight is 443 g/mol. The maximum absolute atomic E-state index is 13.2. The van der Waals surface area contributed by atoms with Gasteiger partial charge in [0.15, 0.2) is 0 Å². The third kappa shape index (κ3) is 4.42. The number of nitrogens with zero attached hydrogens (tertiary/aromatic N) is 3. The van der Waals surface area contributed by atoms with Crippen LogP contribution in [0.2, 0.25) is 0 Å². The second-order valence-electron chi connectivity index (χ2n) is 7.69. The summed E-state index contributed by atoms with van der Waals surface area (Å²) in [6.45, 7) is 3.11. The number of para-hydroxylation sites is 2. The molecule has 0 saturated carbocycles. The lowest BCUT2D eigenvalue weighted by Crippen LogP contribution is -2.40. The number of amides is 1. The van der Waals surface area contributed by atoms with Gasteiger partial charge in [0.05, 0.1) is 15.9 Å². The van der Waals surface area contributed by atoms with Gasteiger partial charge in [-0.3, -0.25) is 9.36 Å². The van der Waals surface area contributed by atoms with Gasteiger partial charge in [-0.1, -0.05) is 36.8 Å². The van der Waals surface area contributed by atoms with Crippen LogP contribution in [0.4, 0.5) is 0 Å². The van der Waals surface area contributed by atoms with Crippen molar-refractivity contribution in [3.05, 3.63) is 65.1 Å². The number of likely N-dealkylation sites (tertiary alicyclic amines) is 1. The summed E-state index contributed by atoms with van der Waals surface area (Å²) in [6, 6.07) is 14.4. The molecule has 1 saturated heterocycles. The summed E-state index contributed by atoms with van der Waals surface area (Å²) in [6.07, 6.45) is 3.61. The smallest absolute Gasteiger partial charge is 0.343 e. The number of benzene rings is 2. The predicted molar refractivity (Wildman–Crippen MR) is 119 cm³/mol. The quantitative estimate of drug-likeness (QED) is 0.601. The highest BCUT2D eigenvalue weighted by Crippen LogP contribution is 2.19. The summed E-state index contributed by atoms with van der Waals surface area (Å²) in [4.78, 5) is 28.0. The molecule has 8 nitrogen and oxygen atoms in total. The average Bonchev–Trinajstić information content (AvgIpc) is 3.07. The van der Waals surface area contributed by atoms with Crippen LogP contribution in [0.5, 0.6) is 0 Å². The first-order valence-corrected chi connectivity index (χ1v) is 11.9. The van der Waals surface area contributed by atoms with Crippen LogP contribution in [0, 0.1) is 0 Å². The summed E-state index contributed by atoms with van der Waals surface area (Å²) in [5, 5.41) is 2.85. The van der Waals surface area contributed by atoms with Crippen molar-refractivity contribution in [1.82, 2.24) is 18.8 Å². The van der Waals surface area contributed by atoms with Crippen LogP contribution < -0.4 is 11.0 Å². The molecule has 31 heavy (non-hydrogen) atoms. The van der Waals surface area contributed by atoms with Crippen LogP contribution >= 0.6 is 0 Å². The van der Waals surface area contributed by atoms with Crippen molar-refractivity contribution >= 4 is 27.0 Å². The van der Waals surface area contributed by atoms with Crippen LogP contribution in [0.15, 0.2) is 64.3 Å². The molecule has 0 radical (unpaired) electrons. The van der Waals surface area contributed by atoms with E-state index in [1.807, 2.05) is 0 Å². The molecule has 4 rings (SSSR count). The number of piperidine rings is 1. The fourth-order valence-corrected chi connectivity index (χ4v) is 5.43. The number of fused-ring (bicyclic) bond motifs is 1. The van der Waals surface area contributed by atoms with Crippen molar-refractivity contribution in [2.75, 3.05) is 26.2 Å². The zero-order chi connectivity index (χ0) is 21.8. The van der Waals surface area contributed by atoms with Crippen molar-refractivity contribution in [2.24, 2.45) is 0 Å². The maximum Gasteiger partial charge on any atom is 0.343 e. The number of hydrogen-bond acceptors (Lipinski definition) is 5. The van der Waals surface area contributed by atoms with Gasteiger partial charge in [0, 0.05) is 13.1 Å². The molecule has 2 aromatic carbocycles. The van der Waals surface area contributed by atoms with Crippen molar-refractivity contribution in [1.29, 1.82) is 0 Å². The number of hydrogen-bond donors (Lipinski definition) is 1. The molecule has 0 atom stereocenters. The second-order valence-corrected chi connectivity index (χ2v) is 9.48. The number of carbonyl (C=O) groups excluding carboxylic acids is 1. The lowest BCUT2D eigenvalue weighted by molar-refractivity contribution is -0.121. The van der Waals surface area contributed by atoms with E-state index in [0.717, 1.165) is 23.6 Å². The summed E-state index contributed by atoms with van der Waals surface area (Å²) in [5.74, 6) is -0.320. The minimum atomic E-state index is -4.10. The van der Waals surface area contributed by atoms with Crippen molar-refractivity contribution in [3.63, 3.8) is 0 Å². The molecule has 1 N–H and O–H groups in total. The molecule has 0 bridgehead atoms.